The minimum absolute atomic E-state index is 0.00798. The molecule has 1 N–H and O–H groups in total. The van der Waals surface area contributed by atoms with E-state index >= 15 is 0 Å². The first-order valence-electron chi connectivity index (χ1n) is 13.7. The summed E-state index contributed by atoms with van der Waals surface area (Å²) in [5, 5.41) is 10.6. The molecular formula is C30H41N3O4S. The first-order valence-corrected chi connectivity index (χ1v) is 14.6. The van der Waals surface area contributed by atoms with Crippen LogP contribution in [0.2, 0.25) is 0 Å². The molecule has 1 aromatic rings. The van der Waals surface area contributed by atoms with Gasteiger partial charge in [-0.3, -0.25) is 14.4 Å². The number of likely N-dealkylation sites (tertiary alicyclic amines) is 1. The molecule has 3 amide bonds. The number of likely N-dealkylation sites (N-methyl/N-ethyl adjacent to an activating group) is 1. The second kappa shape index (κ2) is 11.7. The van der Waals surface area contributed by atoms with Gasteiger partial charge >= 0.3 is 0 Å². The number of rotatable bonds is 12. The van der Waals surface area contributed by atoms with E-state index in [0.29, 0.717) is 19.5 Å². The summed E-state index contributed by atoms with van der Waals surface area (Å²) < 4.78 is -0.707. The third-order valence-corrected chi connectivity index (χ3v) is 10.5. The summed E-state index contributed by atoms with van der Waals surface area (Å²) >= 11 is 1.66. The number of aliphatic hydroxyl groups excluding tert-OH is 1. The normalized spacial score (nSPS) is 29.1. The Balaban J connectivity index is 1.83. The van der Waals surface area contributed by atoms with Crippen molar-refractivity contribution in [2.24, 2.45) is 11.8 Å². The van der Waals surface area contributed by atoms with Crippen LogP contribution in [-0.2, 0) is 14.4 Å². The van der Waals surface area contributed by atoms with Gasteiger partial charge < -0.3 is 19.8 Å². The Labute approximate surface area is 230 Å². The van der Waals surface area contributed by atoms with Crippen molar-refractivity contribution in [2.45, 2.75) is 67.7 Å². The highest BCUT2D eigenvalue weighted by Crippen LogP contribution is 2.67. The third kappa shape index (κ3) is 4.60. The zero-order chi connectivity index (χ0) is 27.6. The Morgan fingerprint density at radius 2 is 1.89 bits per heavy atom. The maximum Gasteiger partial charge on any atom is 0.247 e. The summed E-state index contributed by atoms with van der Waals surface area (Å²) in [5.41, 5.74) is 0.778. The second-order valence-electron chi connectivity index (χ2n) is 10.8. The molecule has 0 saturated carbocycles. The summed E-state index contributed by atoms with van der Waals surface area (Å²) in [6, 6.07) is 7.93. The number of benzene rings is 1. The Hall–Kier alpha value is -2.58. The SMILES string of the molecule is C=CCN(C)C(=O)[C@@H]1[C@@H]2CCC3(S2)C(C(=O)N(CC=C)C(C)CCC)N([C@H](CO)c2ccccc2)C(=O)[C@H]13. The van der Waals surface area contributed by atoms with Crippen LogP contribution in [0.15, 0.2) is 55.6 Å². The Kier molecular flexibility index (Phi) is 8.72. The largest absolute Gasteiger partial charge is 0.394 e. The van der Waals surface area contributed by atoms with E-state index in [2.05, 4.69) is 20.1 Å². The van der Waals surface area contributed by atoms with Gasteiger partial charge in [0.2, 0.25) is 17.7 Å². The molecule has 0 aromatic heterocycles. The number of fused-ring (bicyclic) bond motifs is 1. The molecular weight excluding hydrogens is 498 g/mol. The molecule has 7 atom stereocenters. The van der Waals surface area contributed by atoms with E-state index in [9.17, 15) is 19.5 Å². The molecule has 3 aliphatic heterocycles. The molecule has 2 bridgehead atoms. The molecule has 4 rings (SSSR count). The number of hydrogen-bond acceptors (Lipinski definition) is 5. The predicted octanol–water partition coefficient (Wildman–Crippen LogP) is 3.66. The molecule has 3 unspecified atom stereocenters. The van der Waals surface area contributed by atoms with Gasteiger partial charge in [-0.25, -0.2) is 0 Å². The molecule has 3 saturated heterocycles. The minimum atomic E-state index is -0.769. The van der Waals surface area contributed by atoms with Crippen LogP contribution in [0.1, 0.15) is 51.1 Å². The van der Waals surface area contributed by atoms with Crippen molar-refractivity contribution in [3.8, 4) is 0 Å². The Morgan fingerprint density at radius 1 is 1.21 bits per heavy atom. The van der Waals surface area contributed by atoms with Gasteiger partial charge in [-0.15, -0.1) is 24.9 Å². The van der Waals surface area contributed by atoms with Gasteiger partial charge in [0.05, 0.1) is 29.2 Å². The van der Waals surface area contributed by atoms with Crippen molar-refractivity contribution < 1.29 is 19.5 Å². The fourth-order valence-corrected chi connectivity index (χ4v) is 9.10. The minimum Gasteiger partial charge on any atom is -0.394 e. The van der Waals surface area contributed by atoms with Crippen molar-refractivity contribution in [1.82, 2.24) is 14.7 Å². The Morgan fingerprint density at radius 3 is 2.50 bits per heavy atom. The lowest BCUT2D eigenvalue weighted by molar-refractivity contribution is -0.147. The summed E-state index contributed by atoms with van der Waals surface area (Å²) in [6.07, 6.45) is 6.65. The number of carbonyl (C=O) groups excluding carboxylic acids is 3. The topological polar surface area (TPSA) is 81.2 Å². The van der Waals surface area contributed by atoms with Gasteiger partial charge in [0.15, 0.2) is 0 Å². The highest BCUT2D eigenvalue weighted by molar-refractivity contribution is 8.02. The van der Waals surface area contributed by atoms with Gasteiger partial charge in [0, 0.05) is 31.4 Å². The average molecular weight is 540 g/mol. The monoisotopic (exact) mass is 539 g/mol. The third-order valence-electron chi connectivity index (χ3n) is 8.58. The summed E-state index contributed by atoms with van der Waals surface area (Å²) in [4.78, 5) is 47.8. The quantitative estimate of drug-likeness (QED) is 0.410. The molecule has 3 heterocycles. The van der Waals surface area contributed by atoms with Crippen LogP contribution in [0.3, 0.4) is 0 Å². The van der Waals surface area contributed by atoms with E-state index in [0.717, 1.165) is 24.8 Å². The molecule has 7 nitrogen and oxygen atoms in total. The van der Waals surface area contributed by atoms with Crippen molar-refractivity contribution in [3.63, 3.8) is 0 Å². The standard InChI is InChI=1S/C30H41N3O4S/c1-6-12-20(4)32(18-8-3)29(37)26-30-16-15-23(38-30)24(27(35)31(5)17-7-2)25(30)28(36)33(26)22(19-34)21-13-10-9-11-14-21/h7-11,13-14,20,22-26,34H,2-3,6,12,15-19H2,1,4-5H3/t20?,22-,23+,24-,25+,26?,30?/m1/s1. The lowest BCUT2D eigenvalue weighted by Gasteiger charge is -2.41. The number of carbonyl (C=O) groups is 3. The van der Waals surface area contributed by atoms with Crippen LogP contribution >= 0.6 is 11.8 Å². The van der Waals surface area contributed by atoms with Gasteiger partial charge in [0.25, 0.3) is 0 Å². The van der Waals surface area contributed by atoms with Crippen LogP contribution in [0.25, 0.3) is 0 Å². The van der Waals surface area contributed by atoms with Crippen molar-refractivity contribution in [1.29, 1.82) is 0 Å². The highest BCUT2D eigenvalue weighted by atomic mass is 32.2. The van der Waals surface area contributed by atoms with Crippen LogP contribution in [0.4, 0.5) is 0 Å². The van der Waals surface area contributed by atoms with Gasteiger partial charge in [-0.1, -0.05) is 55.8 Å². The zero-order valence-corrected chi connectivity index (χ0v) is 23.6. The van der Waals surface area contributed by atoms with E-state index in [1.807, 2.05) is 42.2 Å². The van der Waals surface area contributed by atoms with E-state index in [-0.39, 0.29) is 35.6 Å². The van der Waals surface area contributed by atoms with Crippen molar-refractivity contribution >= 4 is 29.5 Å². The van der Waals surface area contributed by atoms with E-state index < -0.39 is 28.7 Å². The maximum absolute atomic E-state index is 14.6. The number of hydrogen-bond donors (Lipinski definition) is 1. The fourth-order valence-electron chi connectivity index (χ4n) is 6.91. The smallest absolute Gasteiger partial charge is 0.247 e. The van der Waals surface area contributed by atoms with Crippen molar-refractivity contribution in [3.05, 3.63) is 61.2 Å². The zero-order valence-electron chi connectivity index (χ0n) is 22.8. The van der Waals surface area contributed by atoms with E-state index in [1.54, 1.807) is 40.8 Å². The van der Waals surface area contributed by atoms with E-state index in [4.69, 9.17) is 0 Å². The van der Waals surface area contributed by atoms with Crippen LogP contribution < -0.4 is 0 Å². The number of nitrogens with zero attached hydrogens (tertiary/aromatic N) is 3. The molecule has 206 valence electrons. The van der Waals surface area contributed by atoms with Gasteiger partial charge in [-0.2, -0.15) is 0 Å². The average Bonchev–Trinajstić information content (AvgIpc) is 3.55. The molecule has 8 heteroatoms. The summed E-state index contributed by atoms with van der Waals surface area (Å²) in [7, 11) is 1.74. The summed E-state index contributed by atoms with van der Waals surface area (Å²) in [6.45, 7) is 12.3. The second-order valence-corrected chi connectivity index (χ2v) is 12.4. The van der Waals surface area contributed by atoms with Crippen molar-refractivity contribution in [2.75, 3.05) is 26.7 Å². The first-order chi connectivity index (χ1) is 18.3. The number of aliphatic hydroxyl groups is 1. The molecule has 38 heavy (non-hydrogen) atoms. The molecule has 3 fully saturated rings. The fraction of sp³-hybridized carbons (Fsp3) is 0.567. The molecule has 1 spiro atoms. The molecule has 3 aliphatic rings. The van der Waals surface area contributed by atoms with Crippen LogP contribution in [0, 0.1) is 11.8 Å². The first kappa shape index (κ1) is 28.4. The van der Waals surface area contributed by atoms with Gasteiger partial charge in [-0.05, 0) is 31.7 Å². The Bertz CT molecular complexity index is 1060. The predicted molar refractivity (Wildman–Crippen MR) is 151 cm³/mol. The van der Waals surface area contributed by atoms with Gasteiger partial charge in [0.1, 0.15) is 6.04 Å². The van der Waals surface area contributed by atoms with Crippen LogP contribution in [0.5, 0.6) is 0 Å². The highest BCUT2D eigenvalue weighted by Gasteiger charge is 2.74. The number of amides is 3. The van der Waals surface area contributed by atoms with Crippen LogP contribution in [-0.4, -0.2) is 86.4 Å². The molecule has 0 aliphatic carbocycles. The summed E-state index contributed by atoms with van der Waals surface area (Å²) in [5.74, 6) is -1.49. The maximum atomic E-state index is 14.6. The lowest BCUT2D eigenvalue weighted by atomic mass is 9.70. The number of thioether (sulfide) groups is 1. The molecule has 1 aromatic carbocycles. The van der Waals surface area contributed by atoms with E-state index in [1.165, 1.54) is 0 Å². The lowest BCUT2D eigenvalue weighted by Crippen LogP contribution is -2.57. The molecule has 0 radical (unpaired) electrons.